The zero-order valence-electron chi connectivity index (χ0n) is 11.0. The van der Waals surface area contributed by atoms with Gasteiger partial charge in [0.2, 0.25) is 11.8 Å². The molecule has 0 radical (unpaired) electrons. The molecule has 11 heteroatoms. The maximum atomic E-state index is 10.6. The van der Waals surface area contributed by atoms with E-state index in [1.807, 2.05) is 0 Å². The van der Waals surface area contributed by atoms with Crippen molar-refractivity contribution >= 4 is 23.7 Å². The first kappa shape index (κ1) is 19.1. The molecule has 4 N–H and O–H groups in total. The maximum Gasteiger partial charge on any atom is 0.317 e. The summed E-state index contributed by atoms with van der Waals surface area (Å²) in [5.74, 6) is -2.85. The van der Waals surface area contributed by atoms with Gasteiger partial charge in [0, 0.05) is 5.88 Å². The molecule has 0 aromatic rings. The second-order valence-corrected chi connectivity index (χ2v) is 4.56. The van der Waals surface area contributed by atoms with E-state index in [2.05, 4.69) is 22.9 Å². The van der Waals surface area contributed by atoms with Crippen molar-refractivity contribution in [1.29, 1.82) is 0 Å². The fraction of sp³-hybridized carbons (Fsp3) is 0.400. The van der Waals surface area contributed by atoms with Crippen LogP contribution in [0.5, 0.6) is 0 Å². The molecule has 0 unspecified atom stereocenters. The number of carboxylic acids is 2. The lowest BCUT2D eigenvalue weighted by Gasteiger charge is -2.24. The summed E-state index contributed by atoms with van der Waals surface area (Å²) in [6.07, 6.45) is 0. The molecule has 0 saturated carbocycles. The van der Waals surface area contributed by atoms with E-state index in [0.717, 1.165) is 16.7 Å². The van der Waals surface area contributed by atoms with Gasteiger partial charge in [0.1, 0.15) is 0 Å². The number of carbonyl (C=O) groups is 2. The van der Waals surface area contributed by atoms with Crippen LogP contribution in [0.15, 0.2) is 24.9 Å². The van der Waals surface area contributed by atoms with Crippen LogP contribution in [0.25, 0.3) is 0 Å². The van der Waals surface area contributed by atoms with Crippen molar-refractivity contribution in [3.8, 4) is 0 Å². The largest absolute Gasteiger partial charge is 0.480 e. The summed E-state index contributed by atoms with van der Waals surface area (Å²) in [4.78, 5) is 31.2. The van der Waals surface area contributed by atoms with Gasteiger partial charge in [0.15, 0.2) is 0 Å². The molecule has 10 nitrogen and oxygen atoms in total. The third-order valence-electron chi connectivity index (χ3n) is 2.02. The van der Waals surface area contributed by atoms with Gasteiger partial charge < -0.3 is 20.0 Å². The first-order valence-corrected chi connectivity index (χ1v) is 6.49. The van der Waals surface area contributed by atoms with Crippen molar-refractivity contribution in [2.75, 3.05) is 24.8 Å². The highest BCUT2D eigenvalue weighted by molar-refractivity contribution is 7.99. The molecule has 0 aromatic heterocycles. The third kappa shape index (κ3) is 8.04. The molecule has 120 valence electrons. The Kier molecular flexibility index (Phi) is 8.96. The van der Waals surface area contributed by atoms with Crippen LogP contribution in [-0.4, -0.2) is 67.3 Å². The van der Waals surface area contributed by atoms with Gasteiger partial charge in [-0.25, -0.2) is 10.5 Å². The molecule has 0 atom stereocenters. The Morgan fingerprint density at radius 2 is 1.38 bits per heavy atom. The Morgan fingerprint density at radius 1 is 0.952 bits per heavy atom. The number of carboxylic acid groups (broad SMARTS) is 2. The number of nitrogens with zero attached hydrogens (tertiary/aromatic N) is 2. The van der Waals surface area contributed by atoms with Crippen LogP contribution in [0.2, 0.25) is 0 Å². The van der Waals surface area contributed by atoms with E-state index in [9.17, 15) is 9.59 Å². The minimum Gasteiger partial charge on any atom is -0.480 e. The second kappa shape index (κ2) is 9.88. The highest BCUT2D eigenvalue weighted by Crippen LogP contribution is 2.17. The van der Waals surface area contributed by atoms with Gasteiger partial charge in [-0.1, -0.05) is 0 Å². The quantitative estimate of drug-likeness (QED) is 0.171. The summed E-state index contributed by atoms with van der Waals surface area (Å²) in [5.41, 5.74) is 0. The van der Waals surface area contributed by atoms with E-state index in [4.69, 9.17) is 20.7 Å². The average molecular weight is 324 g/mol. The Bertz CT molecular complexity index is 371. The van der Waals surface area contributed by atoms with Crippen LogP contribution in [-0.2, 0) is 19.4 Å². The zero-order valence-corrected chi connectivity index (χ0v) is 11.8. The Hall–Kier alpha value is -1.95. The lowest BCUT2D eigenvalue weighted by Crippen LogP contribution is -2.35. The SMILES string of the molecule is C=C(OO)N(CSCN(CC(=O)O)CC(=O)O)C(=C)OO. The average Bonchev–Trinajstić information content (AvgIpc) is 2.40. The molecular weight excluding hydrogens is 308 g/mol. The maximum absolute atomic E-state index is 10.6. The van der Waals surface area contributed by atoms with Crippen LogP contribution in [0.3, 0.4) is 0 Å². The van der Waals surface area contributed by atoms with Crippen LogP contribution in [0.1, 0.15) is 0 Å². The van der Waals surface area contributed by atoms with E-state index >= 15 is 0 Å². The molecule has 0 heterocycles. The third-order valence-corrected chi connectivity index (χ3v) is 3.01. The van der Waals surface area contributed by atoms with E-state index in [0.29, 0.717) is 0 Å². The van der Waals surface area contributed by atoms with Gasteiger partial charge in [0.25, 0.3) is 0 Å². The smallest absolute Gasteiger partial charge is 0.317 e. The second-order valence-electron chi connectivity index (χ2n) is 3.63. The van der Waals surface area contributed by atoms with E-state index in [-0.39, 0.29) is 23.5 Å². The van der Waals surface area contributed by atoms with Gasteiger partial charge >= 0.3 is 11.9 Å². The summed E-state index contributed by atoms with van der Waals surface area (Å²) in [5, 5.41) is 34.3. The first-order valence-electron chi connectivity index (χ1n) is 5.33. The van der Waals surface area contributed by atoms with Crippen molar-refractivity contribution in [2.45, 2.75) is 0 Å². The number of hydrogen-bond acceptors (Lipinski definition) is 9. The van der Waals surface area contributed by atoms with Gasteiger partial charge in [-0.15, -0.1) is 11.8 Å². The number of hydrogen-bond donors (Lipinski definition) is 4. The molecule has 0 rings (SSSR count). The van der Waals surface area contributed by atoms with Gasteiger partial charge in [0.05, 0.1) is 19.0 Å². The zero-order chi connectivity index (χ0) is 16.4. The monoisotopic (exact) mass is 324 g/mol. The molecule has 0 bridgehead atoms. The molecule has 0 amide bonds. The first-order chi connectivity index (χ1) is 9.81. The molecule has 0 aliphatic rings. The number of rotatable bonds is 12. The number of aliphatic carboxylic acids is 2. The minimum atomic E-state index is -1.17. The summed E-state index contributed by atoms with van der Waals surface area (Å²) < 4.78 is 0. The van der Waals surface area contributed by atoms with Crippen LogP contribution in [0, 0.1) is 0 Å². The van der Waals surface area contributed by atoms with E-state index in [1.54, 1.807) is 0 Å². The van der Waals surface area contributed by atoms with E-state index in [1.165, 1.54) is 4.90 Å². The summed E-state index contributed by atoms with van der Waals surface area (Å²) in [6, 6.07) is 0. The highest BCUT2D eigenvalue weighted by Gasteiger charge is 2.17. The minimum absolute atomic E-state index is 0.00846. The Labute approximate surface area is 124 Å². The summed E-state index contributed by atoms with van der Waals surface area (Å²) in [7, 11) is 0. The fourth-order valence-electron chi connectivity index (χ4n) is 1.17. The molecule has 0 aromatic carbocycles. The van der Waals surface area contributed by atoms with Crippen molar-refractivity contribution < 1.29 is 40.1 Å². The molecule has 0 saturated heterocycles. The van der Waals surface area contributed by atoms with Crippen molar-refractivity contribution in [1.82, 2.24) is 9.80 Å². The normalized spacial score (nSPS) is 10.0. The Morgan fingerprint density at radius 3 is 1.71 bits per heavy atom. The fourth-order valence-corrected chi connectivity index (χ4v) is 2.17. The highest BCUT2D eigenvalue weighted by atomic mass is 32.2. The summed E-state index contributed by atoms with van der Waals surface area (Å²) in [6.45, 7) is 5.75. The standard InChI is InChI=1S/C10H16N2O8S/c1-7(19-17)12(8(2)20-18)6-21-5-11(3-9(13)14)4-10(15)16/h17-18H,1-6H2,(H,13,14)(H,15,16). The van der Waals surface area contributed by atoms with Crippen molar-refractivity contribution in [3.63, 3.8) is 0 Å². The predicted molar refractivity (Wildman–Crippen MR) is 71.7 cm³/mol. The Balaban J connectivity index is 4.49. The van der Waals surface area contributed by atoms with Crippen LogP contribution < -0.4 is 0 Å². The molecule has 0 aliphatic heterocycles. The molecule has 0 aliphatic carbocycles. The summed E-state index contributed by atoms with van der Waals surface area (Å²) >= 11 is 1.06. The topological polar surface area (TPSA) is 140 Å². The van der Waals surface area contributed by atoms with Gasteiger partial charge in [-0.2, -0.15) is 0 Å². The lowest BCUT2D eigenvalue weighted by molar-refractivity contribution is -0.249. The van der Waals surface area contributed by atoms with Crippen molar-refractivity contribution in [2.24, 2.45) is 0 Å². The lowest BCUT2D eigenvalue weighted by atomic mass is 10.5. The predicted octanol–water partition coefficient (Wildman–Crippen LogP) is 0.329. The molecule has 21 heavy (non-hydrogen) atoms. The van der Waals surface area contributed by atoms with Crippen LogP contribution >= 0.6 is 11.8 Å². The van der Waals surface area contributed by atoms with Gasteiger partial charge in [-0.05, 0) is 13.2 Å². The number of thioether (sulfide) groups is 1. The van der Waals surface area contributed by atoms with Crippen molar-refractivity contribution in [3.05, 3.63) is 24.9 Å². The molecule has 0 spiro atoms. The van der Waals surface area contributed by atoms with E-state index < -0.39 is 25.0 Å². The van der Waals surface area contributed by atoms with Crippen LogP contribution in [0.4, 0.5) is 0 Å². The van der Waals surface area contributed by atoms with Gasteiger partial charge in [-0.3, -0.25) is 19.4 Å². The molecule has 0 fully saturated rings. The molecular formula is C10H16N2O8S.